The minimum Gasteiger partial charge on any atom is -0.505 e. The summed E-state index contributed by atoms with van der Waals surface area (Å²) in [7, 11) is -17.8. The number of sulfone groups is 1. The van der Waals surface area contributed by atoms with Gasteiger partial charge in [0, 0.05) is 23.5 Å². The van der Waals surface area contributed by atoms with Crippen molar-refractivity contribution >= 4 is 79.1 Å². The molecule has 16 nitrogen and oxygen atoms in total. The Balaban J connectivity index is 1.88. The van der Waals surface area contributed by atoms with Crippen LogP contribution in [-0.4, -0.2) is 71.8 Å². The molecule has 0 saturated carbocycles. The van der Waals surface area contributed by atoms with Gasteiger partial charge in [-0.3, -0.25) is 13.7 Å². The highest BCUT2D eigenvalue weighted by atomic mass is 32.3. The van der Waals surface area contributed by atoms with E-state index < -0.39 is 79.0 Å². The minimum atomic E-state index is -4.99. The van der Waals surface area contributed by atoms with Crippen molar-refractivity contribution in [1.29, 1.82) is 0 Å². The highest BCUT2D eigenvalue weighted by Crippen LogP contribution is 2.42. The number of phenolic OH excluding ortho intramolecular Hbond substituents is 1. The Bertz CT molecular complexity index is 2250. The van der Waals surface area contributed by atoms with E-state index in [4.69, 9.17) is 4.55 Å². The molecule has 5 N–H and O–H groups in total. The van der Waals surface area contributed by atoms with E-state index in [1.807, 2.05) is 0 Å². The van der Waals surface area contributed by atoms with Gasteiger partial charge in [-0.15, -0.1) is 5.11 Å². The molecule has 20 heteroatoms. The molecule has 0 aliphatic heterocycles. The summed E-state index contributed by atoms with van der Waals surface area (Å²) in [6, 6.07) is 10.7. The maximum atomic E-state index is 13.1. The number of phenols is 1. The van der Waals surface area contributed by atoms with Crippen LogP contribution in [0.25, 0.3) is 21.5 Å². The number of benzene rings is 4. The largest absolute Gasteiger partial charge is 0.505 e. The molecule has 0 heterocycles. The number of rotatable bonds is 10. The summed E-state index contributed by atoms with van der Waals surface area (Å²) in [5.74, 6) is -1.68. The Morgan fingerprint density at radius 3 is 2.05 bits per heavy atom. The van der Waals surface area contributed by atoms with Gasteiger partial charge in [0.25, 0.3) is 20.2 Å². The molecule has 43 heavy (non-hydrogen) atoms. The van der Waals surface area contributed by atoms with Gasteiger partial charge < -0.3 is 10.4 Å². The number of fused-ring (bicyclic) bond motifs is 2. The predicted octanol–water partition coefficient (Wildman–Crippen LogP) is 3.24. The van der Waals surface area contributed by atoms with E-state index in [1.165, 1.54) is 24.3 Å². The number of azo groups is 1. The number of hydrogen-bond acceptors (Lipinski definition) is 13. The van der Waals surface area contributed by atoms with Crippen molar-refractivity contribution in [2.24, 2.45) is 10.2 Å². The molecular formula is C23H21N3O13S4. The Hall–Kier alpha value is -3.76. The third-order valence-electron chi connectivity index (χ3n) is 5.97. The van der Waals surface area contributed by atoms with E-state index in [0.29, 0.717) is 11.8 Å². The van der Waals surface area contributed by atoms with E-state index in [-0.39, 0.29) is 27.2 Å². The molecule has 0 atom stereocenters. The maximum Gasteiger partial charge on any atom is 0.397 e. The van der Waals surface area contributed by atoms with Gasteiger partial charge in [0.05, 0.1) is 27.8 Å². The van der Waals surface area contributed by atoms with E-state index in [0.717, 1.165) is 18.2 Å². The molecule has 0 spiro atoms. The van der Waals surface area contributed by atoms with Crippen molar-refractivity contribution in [2.45, 2.75) is 14.7 Å². The molecule has 4 aromatic rings. The molecule has 4 rings (SSSR count). The third kappa shape index (κ3) is 7.25. The van der Waals surface area contributed by atoms with Crippen LogP contribution in [0.5, 0.6) is 5.75 Å². The predicted molar refractivity (Wildman–Crippen MR) is 152 cm³/mol. The topological polar surface area (TPSA) is 263 Å². The molecule has 0 radical (unpaired) electrons. The summed E-state index contributed by atoms with van der Waals surface area (Å²) >= 11 is 0. The van der Waals surface area contributed by atoms with Gasteiger partial charge >= 0.3 is 10.4 Å². The molecule has 0 bridgehead atoms. The fraction of sp³-hybridized carbons (Fsp3) is 0.130. The first-order chi connectivity index (χ1) is 19.8. The smallest absolute Gasteiger partial charge is 0.397 e. The molecule has 0 saturated heterocycles. The number of nitrogens with zero attached hydrogens (tertiary/aromatic N) is 2. The highest BCUT2D eigenvalue weighted by Gasteiger charge is 2.25. The van der Waals surface area contributed by atoms with Crippen LogP contribution in [0.1, 0.15) is 0 Å². The van der Waals surface area contributed by atoms with Crippen molar-refractivity contribution in [3.05, 3.63) is 54.6 Å². The molecule has 0 fully saturated rings. The summed E-state index contributed by atoms with van der Waals surface area (Å²) in [5, 5.41) is 21.5. The zero-order valence-electron chi connectivity index (χ0n) is 21.6. The molecule has 0 aliphatic carbocycles. The van der Waals surface area contributed by atoms with Crippen LogP contribution in [0, 0.1) is 0 Å². The van der Waals surface area contributed by atoms with E-state index >= 15 is 0 Å². The van der Waals surface area contributed by atoms with Crippen molar-refractivity contribution in [2.75, 3.05) is 24.7 Å². The molecule has 0 amide bonds. The van der Waals surface area contributed by atoms with Gasteiger partial charge in [0.1, 0.15) is 10.6 Å². The second-order valence-electron chi connectivity index (χ2n) is 8.80. The average molecular weight is 676 g/mol. The molecule has 4 aromatic carbocycles. The third-order valence-corrected chi connectivity index (χ3v) is 9.85. The lowest BCUT2D eigenvalue weighted by atomic mass is 10.1. The lowest BCUT2D eigenvalue weighted by Crippen LogP contribution is -2.16. The van der Waals surface area contributed by atoms with Crippen LogP contribution in [0.3, 0.4) is 0 Å². The van der Waals surface area contributed by atoms with E-state index in [9.17, 15) is 47.9 Å². The van der Waals surface area contributed by atoms with Gasteiger partial charge in [-0.05, 0) is 59.3 Å². The van der Waals surface area contributed by atoms with Gasteiger partial charge in [-0.2, -0.15) is 30.4 Å². The Morgan fingerprint density at radius 2 is 1.44 bits per heavy atom. The Labute approximate surface area is 245 Å². The Kier molecular flexibility index (Phi) is 8.52. The van der Waals surface area contributed by atoms with Crippen LogP contribution in [0.15, 0.2) is 79.5 Å². The number of anilines is 1. The molecule has 230 valence electrons. The number of nitrogens with one attached hydrogen (secondary N) is 1. The van der Waals surface area contributed by atoms with Crippen LogP contribution in [0.4, 0.5) is 17.1 Å². The first kappa shape index (κ1) is 32.2. The molecule has 0 aliphatic rings. The standard InChI is InChI=1S/C23H21N3O13S4/c1-24-15-4-5-18-14(8-15)10-21(42(33,34)35)22(23(18)27)26-25-16-3-2-13-9-17(41(30,31)32)12-20(19(13)11-16)40(28,29)7-6-39-43(36,37)38/h2-5,8-12,24,27H,6-7H2,1H3,(H,30,31,32)(H,33,34,35)(H,36,37,38)/b26-25+. The number of aromatic hydroxyl groups is 1. The van der Waals surface area contributed by atoms with E-state index in [1.54, 1.807) is 13.1 Å². The highest BCUT2D eigenvalue weighted by molar-refractivity contribution is 7.91. The van der Waals surface area contributed by atoms with Gasteiger partial charge in [0.2, 0.25) is 0 Å². The van der Waals surface area contributed by atoms with Crippen molar-refractivity contribution < 1.29 is 56.6 Å². The minimum absolute atomic E-state index is 0.0316. The zero-order valence-corrected chi connectivity index (χ0v) is 24.9. The summed E-state index contributed by atoms with van der Waals surface area (Å²) in [4.78, 5) is -2.28. The molecule has 0 aromatic heterocycles. The fourth-order valence-corrected chi connectivity index (χ4v) is 7.04. The second-order valence-corrected chi connectivity index (χ2v) is 14.8. The van der Waals surface area contributed by atoms with Crippen molar-refractivity contribution in [3.8, 4) is 5.75 Å². The van der Waals surface area contributed by atoms with E-state index in [2.05, 4.69) is 19.7 Å². The lowest BCUT2D eigenvalue weighted by Gasteiger charge is -2.11. The second kappa shape index (κ2) is 11.4. The first-order valence-corrected chi connectivity index (χ1v) is 17.5. The van der Waals surface area contributed by atoms with Crippen molar-refractivity contribution in [1.82, 2.24) is 0 Å². The molecule has 0 unspecified atom stereocenters. The number of hydrogen-bond donors (Lipinski definition) is 5. The zero-order chi connectivity index (χ0) is 32.0. The summed E-state index contributed by atoms with van der Waals surface area (Å²) in [5.41, 5.74) is -0.195. The van der Waals surface area contributed by atoms with Gasteiger partial charge in [-0.1, -0.05) is 6.07 Å². The van der Waals surface area contributed by atoms with Crippen molar-refractivity contribution in [3.63, 3.8) is 0 Å². The Morgan fingerprint density at radius 1 is 0.744 bits per heavy atom. The summed E-state index contributed by atoms with van der Waals surface area (Å²) < 4.78 is 128. The normalized spacial score (nSPS) is 13.2. The monoisotopic (exact) mass is 675 g/mol. The van der Waals surface area contributed by atoms with Crippen LogP contribution in [-0.2, 0) is 44.7 Å². The maximum absolute atomic E-state index is 13.1. The van der Waals surface area contributed by atoms with Crippen LogP contribution >= 0.6 is 0 Å². The van der Waals surface area contributed by atoms with Crippen LogP contribution < -0.4 is 5.32 Å². The van der Waals surface area contributed by atoms with Gasteiger partial charge in [-0.25, -0.2) is 12.6 Å². The fourth-order valence-electron chi connectivity index (χ4n) is 4.02. The summed E-state index contributed by atoms with van der Waals surface area (Å²) in [6.07, 6.45) is 0. The average Bonchev–Trinajstić information content (AvgIpc) is 2.89. The quantitative estimate of drug-likeness (QED) is 0.119. The van der Waals surface area contributed by atoms with Gasteiger partial charge in [0.15, 0.2) is 15.6 Å². The first-order valence-electron chi connectivity index (χ1n) is 11.6. The SMILES string of the molecule is CNc1ccc2c(O)c(/N=N/c3ccc4cc(S(=O)(=O)O)cc(S(=O)(=O)CCOS(=O)(=O)O)c4c3)c(S(=O)(=O)O)cc2c1. The lowest BCUT2D eigenvalue weighted by molar-refractivity contribution is 0.284. The molecular weight excluding hydrogens is 655 g/mol. The summed E-state index contributed by atoms with van der Waals surface area (Å²) in [6.45, 7) is -1.03. The van der Waals surface area contributed by atoms with Crippen LogP contribution in [0.2, 0.25) is 0 Å².